The summed E-state index contributed by atoms with van der Waals surface area (Å²) in [6.07, 6.45) is 0. The summed E-state index contributed by atoms with van der Waals surface area (Å²) in [4.78, 5) is 14.7. The molecule has 0 radical (unpaired) electrons. The van der Waals surface area contributed by atoms with Crippen molar-refractivity contribution in [2.75, 3.05) is 6.54 Å². The smallest absolute Gasteiger partial charge is 0.318 e. The normalized spacial score (nSPS) is 17.2. The van der Waals surface area contributed by atoms with Crippen LogP contribution in [0.1, 0.15) is 36.8 Å². The summed E-state index contributed by atoms with van der Waals surface area (Å²) in [5.41, 5.74) is 3.65. The molecule has 1 aromatic carbocycles. The largest absolute Gasteiger partial charge is 0.345 e. The van der Waals surface area contributed by atoms with Gasteiger partial charge in [0.1, 0.15) is 0 Å². The molecule has 23 heavy (non-hydrogen) atoms. The van der Waals surface area contributed by atoms with Crippen LogP contribution in [0.3, 0.4) is 0 Å². The monoisotopic (exact) mass is 311 g/mol. The number of aromatic nitrogens is 1. The minimum Gasteiger partial charge on any atom is -0.345 e. The van der Waals surface area contributed by atoms with Crippen molar-refractivity contribution < 1.29 is 4.79 Å². The van der Waals surface area contributed by atoms with Crippen molar-refractivity contribution in [3.05, 3.63) is 59.4 Å². The molecule has 0 spiro atoms. The highest BCUT2D eigenvalue weighted by Crippen LogP contribution is 2.33. The summed E-state index contributed by atoms with van der Waals surface area (Å²) >= 11 is 0. The van der Waals surface area contributed by atoms with E-state index >= 15 is 0 Å². The van der Waals surface area contributed by atoms with Gasteiger partial charge in [-0.15, -0.1) is 0 Å². The number of nitrogens with one attached hydrogen (secondary N) is 1. The van der Waals surface area contributed by atoms with Crippen molar-refractivity contribution >= 4 is 6.03 Å². The van der Waals surface area contributed by atoms with Crippen LogP contribution >= 0.6 is 0 Å². The van der Waals surface area contributed by atoms with Crippen LogP contribution in [0.25, 0.3) is 0 Å². The van der Waals surface area contributed by atoms with Gasteiger partial charge in [0.15, 0.2) is 0 Å². The SMILES string of the molecule is Cc1ccc2n1CCN(C(=O)NCc1ccccc1)[C@H]2C(C)C. The first kappa shape index (κ1) is 15.7. The maximum absolute atomic E-state index is 12.7. The molecule has 1 N–H and O–H groups in total. The number of carbonyl (C=O) groups excluding carboxylic acids is 1. The van der Waals surface area contributed by atoms with Gasteiger partial charge in [-0.05, 0) is 30.5 Å². The van der Waals surface area contributed by atoms with Gasteiger partial charge in [0.2, 0.25) is 0 Å². The van der Waals surface area contributed by atoms with E-state index in [2.05, 4.69) is 42.8 Å². The average molecular weight is 311 g/mol. The van der Waals surface area contributed by atoms with Gasteiger partial charge in [-0.2, -0.15) is 0 Å². The molecule has 1 aliphatic heterocycles. The molecule has 2 aromatic rings. The molecule has 0 unspecified atom stereocenters. The Morgan fingerprint density at radius 1 is 1.17 bits per heavy atom. The molecule has 0 aliphatic carbocycles. The standard InChI is InChI=1S/C19H25N3O/c1-14(2)18-17-10-9-15(3)21(17)11-12-22(18)19(23)20-13-16-7-5-4-6-8-16/h4-10,14,18H,11-13H2,1-3H3,(H,20,23)/t18-/m0/s1. The highest BCUT2D eigenvalue weighted by molar-refractivity contribution is 5.75. The lowest BCUT2D eigenvalue weighted by atomic mass is 9.97. The number of carbonyl (C=O) groups is 1. The number of nitrogens with zero attached hydrogens (tertiary/aromatic N) is 2. The Bertz CT molecular complexity index is 675. The summed E-state index contributed by atoms with van der Waals surface area (Å²) in [5, 5.41) is 3.07. The van der Waals surface area contributed by atoms with E-state index in [9.17, 15) is 4.79 Å². The Morgan fingerprint density at radius 3 is 2.61 bits per heavy atom. The predicted molar refractivity (Wildman–Crippen MR) is 92.1 cm³/mol. The molecule has 0 fully saturated rings. The van der Waals surface area contributed by atoms with E-state index in [0.717, 1.165) is 18.7 Å². The molecule has 0 saturated carbocycles. The van der Waals surface area contributed by atoms with Crippen LogP contribution in [0.2, 0.25) is 0 Å². The van der Waals surface area contributed by atoms with Gasteiger partial charge in [0.05, 0.1) is 6.04 Å². The van der Waals surface area contributed by atoms with E-state index < -0.39 is 0 Å². The fraction of sp³-hybridized carbons (Fsp3) is 0.421. The summed E-state index contributed by atoms with van der Waals surface area (Å²) in [5.74, 6) is 0.380. The second kappa shape index (κ2) is 6.49. The van der Waals surface area contributed by atoms with Gasteiger partial charge in [-0.1, -0.05) is 44.2 Å². The van der Waals surface area contributed by atoms with Crippen LogP contribution in [0, 0.1) is 12.8 Å². The molecule has 3 rings (SSSR count). The Hall–Kier alpha value is -2.23. The molecule has 4 heteroatoms. The zero-order valence-electron chi connectivity index (χ0n) is 14.1. The minimum absolute atomic E-state index is 0.0256. The maximum atomic E-state index is 12.7. The fourth-order valence-corrected chi connectivity index (χ4v) is 3.46. The lowest BCUT2D eigenvalue weighted by molar-refractivity contribution is 0.132. The molecule has 122 valence electrons. The second-order valence-electron chi connectivity index (χ2n) is 6.58. The summed E-state index contributed by atoms with van der Waals surface area (Å²) < 4.78 is 2.34. The summed E-state index contributed by atoms with van der Waals surface area (Å²) in [7, 11) is 0. The van der Waals surface area contributed by atoms with E-state index in [-0.39, 0.29) is 12.1 Å². The molecule has 0 saturated heterocycles. The topological polar surface area (TPSA) is 37.3 Å². The Balaban J connectivity index is 1.75. The number of urea groups is 1. The lowest BCUT2D eigenvalue weighted by Gasteiger charge is -2.39. The van der Waals surface area contributed by atoms with E-state index in [1.165, 1.54) is 11.4 Å². The highest BCUT2D eigenvalue weighted by atomic mass is 16.2. The van der Waals surface area contributed by atoms with E-state index in [0.29, 0.717) is 12.5 Å². The van der Waals surface area contributed by atoms with Gasteiger partial charge in [0, 0.05) is 31.0 Å². The van der Waals surface area contributed by atoms with Crippen LogP contribution in [0.4, 0.5) is 4.79 Å². The van der Waals surface area contributed by atoms with Gasteiger partial charge in [-0.25, -0.2) is 4.79 Å². The van der Waals surface area contributed by atoms with Crippen LogP contribution in [0.15, 0.2) is 42.5 Å². The number of benzene rings is 1. The number of rotatable bonds is 3. The molecule has 1 atom stereocenters. The number of hydrogen-bond acceptors (Lipinski definition) is 1. The Morgan fingerprint density at radius 2 is 1.91 bits per heavy atom. The lowest BCUT2D eigenvalue weighted by Crippen LogP contribution is -2.48. The maximum Gasteiger partial charge on any atom is 0.318 e. The van der Waals surface area contributed by atoms with Gasteiger partial charge < -0.3 is 14.8 Å². The van der Waals surface area contributed by atoms with Crippen molar-refractivity contribution in [3.8, 4) is 0 Å². The van der Waals surface area contributed by atoms with Gasteiger partial charge >= 0.3 is 6.03 Å². The number of hydrogen-bond donors (Lipinski definition) is 1. The van der Waals surface area contributed by atoms with Crippen LogP contribution in [-0.2, 0) is 13.1 Å². The molecule has 2 amide bonds. The molecule has 1 aromatic heterocycles. The molecular weight excluding hydrogens is 286 g/mol. The van der Waals surface area contributed by atoms with Crippen molar-refractivity contribution in [1.82, 2.24) is 14.8 Å². The van der Waals surface area contributed by atoms with Gasteiger partial charge in [-0.3, -0.25) is 0 Å². The Labute approximate surface area is 138 Å². The fourth-order valence-electron chi connectivity index (χ4n) is 3.46. The van der Waals surface area contributed by atoms with Gasteiger partial charge in [0.25, 0.3) is 0 Å². The predicted octanol–water partition coefficient (Wildman–Crippen LogP) is 3.72. The zero-order valence-corrected chi connectivity index (χ0v) is 14.1. The number of amides is 2. The average Bonchev–Trinajstić information content (AvgIpc) is 2.94. The first-order valence-electron chi connectivity index (χ1n) is 8.32. The third-order valence-corrected chi connectivity index (χ3v) is 4.61. The van der Waals surface area contributed by atoms with Crippen LogP contribution in [0.5, 0.6) is 0 Å². The van der Waals surface area contributed by atoms with E-state index in [1.807, 2.05) is 35.2 Å². The van der Waals surface area contributed by atoms with Crippen molar-refractivity contribution in [1.29, 1.82) is 0 Å². The van der Waals surface area contributed by atoms with E-state index in [4.69, 9.17) is 0 Å². The number of fused-ring (bicyclic) bond motifs is 1. The molecule has 4 nitrogen and oxygen atoms in total. The summed E-state index contributed by atoms with van der Waals surface area (Å²) in [6, 6.07) is 14.5. The third kappa shape index (κ3) is 3.11. The highest BCUT2D eigenvalue weighted by Gasteiger charge is 2.33. The van der Waals surface area contributed by atoms with Crippen molar-refractivity contribution in [2.45, 2.75) is 39.9 Å². The summed E-state index contributed by atoms with van der Waals surface area (Å²) in [6.45, 7) is 8.69. The first-order chi connectivity index (χ1) is 11.1. The Kier molecular flexibility index (Phi) is 4.42. The van der Waals surface area contributed by atoms with Crippen LogP contribution in [-0.4, -0.2) is 22.0 Å². The van der Waals surface area contributed by atoms with Crippen molar-refractivity contribution in [3.63, 3.8) is 0 Å². The quantitative estimate of drug-likeness (QED) is 0.921. The minimum atomic E-state index is 0.0256. The van der Waals surface area contributed by atoms with Crippen molar-refractivity contribution in [2.24, 2.45) is 5.92 Å². The molecule has 0 bridgehead atoms. The van der Waals surface area contributed by atoms with Crippen LogP contribution < -0.4 is 5.32 Å². The molecule has 2 heterocycles. The van der Waals surface area contributed by atoms with E-state index in [1.54, 1.807) is 0 Å². The number of aryl methyl sites for hydroxylation is 1. The second-order valence-corrected chi connectivity index (χ2v) is 6.58. The third-order valence-electron chi connectivity index (χ3n) is 4.61. The molecular formula is C19H25N3O. The first-order valence-corrected chi connectivity index (χ1v) is 8.32. The molecule has 1 aliphatic rings. The zero-order chi connectivity index (χ0) is 16.4.